The Hall–Kier alpha value is -3.73. The average Bonchev–Trinajstić information content (AvgIpc) is 3.03. The molecule has 4 saturated carbocycles. The monoisotopic (exact) mass is 571 g/mol. The van der Waals surface area contributed by atoms with Crippen LogP contribution in [0.15, 0.2) is 115 Å². The van der Waals surface area contributed by atoms with Gasteiger partial charge in [0.1, 0.15) is 5.82 Å². The molecule has 210 valence electrons. The van der Waals surface area contributed by atoms with Crippen molar-refractivity contribution in [1.82, 2.24) is 0 Å². The summed E-state index contributed by atoms with van der Waals surface area (Å²) in [4.78, 5) is 19.3. The third-order valence-corrected chi connectivity index (χ3v) is 14.7. The molecular formula is C38H35FNOP. The van der Waals surface area contributed by atoms with E-state index in [1.807, 2.05) is 66.7 Å². The molecule has 0 atom stereocenters. The van der Waals surface area contributed by atoms with E-state index in [-0.39, 0.29) is 17.0 Å². The Balaban J connectivity index is 1.48. The first kappa shape index (κ1) is 27.1. The molecule has 42 heavy (non-hydrogen) atoms. The number of hydrogen-bond donors (Lipinski definition) is 0. The summed E-state index contributed by atoms with van der Waals surface area (Å²) in [5, 5.41) is 3.05. The maximum atomic E-state index is 15.1. The van der Waals surface area contributed by atoms with Crippen LogP contribution in [0.1, 0.15) is 44.1 Å². The van der Waals surface area contributed by atoms with Gasteiger partial charge in [0, 0.05) is 11.8 Å². The largest absolute Gasteiger partial charge is 0.308 e. The SMILES string of the molecule is [C-]#[N+]C(C(=O)CC1(c2ccc(F)cc2)C2CC3CC(C2)CC1C3)=P(c1ccccc1)(c1ccccc1)c1ccccc1. The summed E-state index contributed by atoms with van der Waals surface area (Å²) in [6.07, 6.45) is 6.12. The lowest BCUT2D eigenvalue weighted by Gasteiger charge is -2.61. The highest BCUT2D eigenvalue weighted by Gasteiger charge is 2.58. The summed E-state index contributed by atoms with van der Waals surface area (Å²) >= 11 is 0. The molecule has 4 heteroatoms. The number of carbonyl (C=O) groups excluding carboxylic acids is 1. The van der Waals surface area contributed by atoms with E-state index >= 15 is 4.79 Å². The summed E-state index contributed by atoms with van der Waals surface area (Å²) in [5.41, 5.74) is 1.06. The van der Waals surface area contributed by atoms with Crippen LogP contribution in [-0.2, 0) is 10.2 Å². The van der Waals surface area contributed by atoms with Crippen LogP contribution in [0.3, 0.4) is 0 Å². The summed E-state index contributed by atoms with van der Waals surface area (Å²) in [6, 6.07) is 37.6. The molecule has 0 amide bonds. The molecule has 2 nitrogen and oxygen atoms in total. The molecule has 0 radical (unpaired) electrons. The minimum Gasteiger partial charge on any atom is -0.308 e. The van der Waals surface area contributed by atoms with Crippen molar-refractivity contribution >= 4 is 34.0 Å². The highest BCUT2D eigenvalue weighted by molar-refractivity contribution is 7.96. The molecule has 4 fully saturated rings. The Morgan fingerprint density at radius 1 is 0.690 bits per heavy atom. The predicted octanol–water partition coefficient (Wildman–Crippen LogP) is 7.52. The number of ketones is 1. The Kier molecular flexibility index (Phi) is 7.00. The zero-order chi connectivity index (χ0) is 28.7. The van der Waals surface area contributed by atoms with Crippen LogP contribution in [0.5, 0.6) is 0 Å². The second-order valence-corrected chi connectivity index (χ2v) is 15.9. The highest BCUT2D eigenvalue weighted by atomic mass is 31.2. The summed E-state index contributed by atoms with van der Waals surface area (Å²) in [5.74, 6) is 1.92. The maximum Gasteiger partial charge on any atom is 0.236 e. The molecule has 0 spiro atoms. The molecule has 4 bridgehead atoms. The van der Waals surface area contributed by atoms with Crippen LogP contribution in [0.4, 0.5) is 4.39 Å². The van der Waals surface area contributed by atoms with Crippen LogP contribution >= 0.6 is 6.89 Å². The molecule has 0 aliphatic heterocycles. The highest BCUT2D eigenvalue weighted by Crippen LogP contribution is 2.64. The van der Waals surface area contributed by atoms with Crippen molar-refractivity contribution < 1.29 is 9.18 Å². The van der Waals surface area contributed by atoms with E-state index in [0.29, 0.717) is 23.7 Å². The van der Waals surface area contributed by atoms with Crippen LogP contribution < -0.4 is 15.9 Å². The van der Waals surface area contributed by atoms with Gasteiger partial charge < -0.3 is 4.79 Å². The van der Waals surface area contributed by atoms with Crippen molar-refractivity contribution in [2.24, 2.45) is 23.7 Å². The minimum absolute atomic E-state index is 0.0494. The Morgan fingerprint density at radius 2 is 1.12 bits per heavy atom. The van der Waals surface area contributed by atoms with Crippen molar-refractivity contribution in [2.45, 2.75) is 43.9 Å². The number of Topliss-reactive ketones (excluding diaryl/α,β-unsaturated/α-hetero) is 1. The fourth-order valence-electron chi connectivity index (χ4n) is 9.09. The molecule has 4 aromatic rings. The molecule has 0 unspecified atom stereocenters. The summed E-state index contributed by atoms with van der Waals surface area (Å²) < 4.78 is 14.2. The third kappa shape index (κ3) is 4.23. The normalized spacial score (nSPS) is 26.0. The van der Waals surface area contributed by atoms with Gasteiger partial charge in [-0.2, -0.15) is 0 Å². The number of halogens is 1. The number of hydrogen-bond acceptors (Lipinski definition) is 1. The molecule has 8 rings (SSSR count). The predicted molar refractivity (Wildman–Crippen MR) is 172 cm³/mol. The summed E-state index contributed by atoms with van der Waals surface area (Å²) in [6.45, 7) is 5.85. The second kappa shape index (κ2) is 10.8. The molecule has 0 heterocycles. The topological polar surface area (TPSA) is 21.4 Å². The van der Waals surface area contributed by atoms with Crippen LogP contribution in [0.25, 0.3) is 4.85 Å². The lowest BCUT2D eigenvalue weighted by atomic mass is 9.43. The molecule has 4 aliphatic carbocycles. The van der Waals surface area contributed by atoms with Gasteiger partial charge in [-0.3, -0.25) is 0 Å². The molecule has 0 N–H and O–H groups in total. The number of benzene rings is 4. The molecular weight excluding hydrogens is 536 g/mol. The summed E-state index contributed by atoms with van der Waals surface area (Å²) in [7, 11) is 0. The number of rotatable bonds is 7. The van der Waals surface area contributed by atoms with E-state index in [4.69, 9.17) is 6.57 Å². The lowest BCUT2D eigenvalue weighted by Crippen LogP contribution is -2.56. The van der Waals surface area contributed by atoms with E-state index < -0.39 is 6.89 Å². The zero-order valence-corrected chi connectivity index (χ0v) is 24.6. The van der Waals surface area contributed by atoms with Crippen molar-refractivity contribution in [2.75, 3.05) is 0 Å². The van der Waals surface area contributed by atoms with Crippen LogP contribution in [0, 0.1) is 36.1 Å². The molecule has 0 saturated heterocycles. The van der Waals surface area contributed by atoms with E-state index in [2.05, 4.69) is 41.2 Å². The van der Waals surface area contributed by atoms with Gasteiger partial charge in [0.25, 0.3) is 0 Å². The number of carbonyl (C=O) groups is 1. The molecule has 0 aromatic heterocycles. The van der Waals surface area contributed by atoms with Crippen LogP contribution in [-0.4, -0.2) is 11.2 Å². The van der Waals surface area contributed by atoms with E-state index in [9.17, 15) is 4.39 Å². The first-order chi connectivity index (χ1) is 20.6. The van der Waals surface area contributed by atoms with Gasteiger partial charge in [-0.25, -0.2) is 9.24 Å². The Labute approximate surface area is 248 Å². The van der Waals surface area contributed by atoms with Gasteiger partial charge >= 0.3 is 0 Å². The lowest BCUT2D eigenvalue weighted by molar-refractivity contribution is -0.120. The Bertz CT molecular complexity index is 1560. The van der Waals surface area contributed by atoms with Crippen LogP contribution in [0.2, 0.25) is 0 Å². The first-order valence-electron chi connectivity index (χ1n) is 15.2. The second-order valence-electron chi connectivity index (χ2n) is 12.6. The first-order valence-corrected chi connectivity index (χ1v) is 16.9. The van der Waals surface area contributed by atoms with Crippen molar-refractivity contribution in [3.63, 3.8) is 0 Å². The van der Waals surface area contributed by atoms with Crippen molar-refractivity contribution in [3.8, 4) is 0 Å². The standard InChI is InChI=1S/C38H35FNOP/c1-40-37(42(33-11-5-2-6-12-33,34-13-7-3-8-14-34)35-15-9-4-10-16-35)36(41)26-38(29-17-19-32(39)20-18-29)30-22-27-21-28(24-30)25-31(38)23-27/h2-20,27-28,30-31H,21-26H2. The zero-order valence-electron chi connectivity index (χ0n) is 23.7. The van der Waals surface area contributed by atoms with E-state index in [1.54, 1.807) is 12.1 Å². The quantitative estimate of drug-likeness (QED) is 0.166. The van der Waals surface area contributed by atoms with Gasteiger partial charge in [0.05, 0.1) is 6.57 Å². The number of nitrogens with zero attached hydrogens (tertiary/aromatic N) is 1. The minimum atomic E-state index is -2.80. The molecule has 4 aliphatic rings. The Morgan fingerprint density at radius 3 is 1.52 bits per heavy atom. The van der Waals surface area contributed by atoms with Crippen molar-refractivity contribution in [1.29, 1.82) is 0 Å². The van der Waals surface area contributed by atoms with Gasteiger partial charge in [-0.05, 0) is 96.3 Å². The van der Waals surface area contributed by atoms with Gasteiger partial charge in [0.15, 0.2) is 5.78 Å². The average molecular weight is 572 g/mol. The third-order valence-electron chi connectivity index (χ3n) is 10.5. The fraction of sp³-hybridized carbons (Fsp3) is 0.289. The fourth-order valence-corrected chi connectivity index (χ4v) is 13.2. The van der Waals surface area contributed by atoms with E-state index in [0.717, 1.165) is 59.0 Å². The van der Waals surface area contributed by atoms with Crippen molar-refractivity contribution in [3.05, 3.63) is 138 Å². The van der Waals surface area contributed by atoms with Gasteiger partial charge in [-0.1, -0.05) is 103 Å². The smallest absolute Gasteiger partial charge is 0.236 e. The van der Waals surface area contributed by atoms with Gasteiger partial charge in [0.2, 0.25) is 5.42 Å². The molecule has 4 aromatic carbocycles. The van der Waals surface area contributed by atoms with E-state index in [1.165, 1.54) is 6.42 Å². The van der Waals surface area contributed by atoms with Gasteiger partial charge in [-0.15, -0.1) is 0 Å². The maximum absolute atomic E-state index is 15.1.